The minimum Gasteiger partial charge on any atom is -0.480 e. The third-order valence-corrected chi connectivity index (χ3v) is 4.29. The maximum absolute atomic E-state index is 12.4. The Kier molecular flexibility index (Phi) is 4.42. The van der Waals surface area contributed by atoms with Gasteiger partial charge in [0.05, 0.1) is 6.61 Å². The van der Waals surface area contributed by atoms with E-state index < -0.39 is 18.1 Å². The molecule has 19 heavy (non-hydrogen) atoms. The van der Waals surface area contributed by atoms with E-state index in [1.807, 2.05) is 0 Å². The van der Waals surface area contributed by atoms with Crippen LogP contribution in [-0.4, -0.2) is 53.7 Å². The highest BCUT2D eigenvalue weighted by atomic mass is 16.5. The Morgan fingerprint density at radius 3 is 2.74 bits per heavy atom. The minimum atomic E-state index is -0.924. The van der Waals surface area contributed by atoms with E-state index in [4.69, 9.17) is 10.5 Å². The highest BCUT2D eigenvalue weighted by Gasteiger charge is 2.48. The van der Waals surface area contributed by atoms with Gasteiger partial charge in [-0.3, -0.25) is 4.79 Å². The summed E-state index contributed by atoms with van der Waals surface area (Å²) in [6, 6.07) is -1.44. The summed E-state index contributed by atoms with van der Waals surface area (Å²) in [7, 11) is 1.48. The van der Waals surface area contributed by atoms with Crippen LogP contribution in [0.15, 0.2) is 0 Å². The number of amides is 1. The van der Waals surface area contributed by atoms with Crippen LogP contribution in [0.1, 0.15) is 32.1 Å². The molecule has 3 N–H and O–H groups in total. The van der Waals surface area contributed by atoms with Gasteiger partial charge in [0, 0.05) is 13.2 Å². The lowest BCUT2D eigenvalue weighted by atomic mass is 9.84. The lowest BCUT2D eigenvalue weighted by Crippen LogP contribution is -2.53. The SMILES string of the molecule is COCC(N)C(=O)N1C(C(=O)O)CC2CCCCC21. The van der Waals surface area contributed by atoms with Crippen LogP contribution in [0.4, 0.5) is 0 Å². The number of carboxylic acids is 1. The Hall–Kier alpha value is -1.14. The molecule has 4 atom stereocenters. The fourth-order valence-corrected chi connectivity index (χ4v) is 3.44. The molecule has 4 unspecified atom stereocenters. The number of carbonyl (C=O) groups excluding carboxylic acids is 1. The Bertz CT molecular complexity index is 361. The molecule has 0 aromatic carbocycles. The molecule has 1 amide bonds. The summed E-state index contributed by atoms with van der Waals surface area (Å²) >= 11 is 0. The molecule has 0 spiro atoms. The molecule has 2 rings (SSSR count). The summed E-state index contributed by atoms with van der Waals surface area (Å²) in [5.74, 6) is -0.899. The molecule has 0 aromatic rings. The van der Waals surface area contributed by atoms with Gasteiger partial charge >= 0.3 is 5.97 Å². The normalized spacial score (nSPS) is 31.9. The molecule has 1 aliphatic carbocycles. The van der Waals surface area contributed by atoms with E-state index in [1.54, 1.807) is 0 Å². The molecule has 0 bridgehead atoms. The third kappa shape index (κ3) is 2.74. The summed E-state index contributed by atoms with van der Waals surface area (Å²) < 4.78 is 4.90. The third-order valence-electron chi connectivity index (χ3n) is 4.29. The minimum absolute atomic E-state index is 0.0465. The Morgan fingerprint density at radius 2 is 2.11 bits per heavy atom. The first-order valence-corrected chi connectivity index (χ1v) is 6.85. The first-order chi connectivity index (χ1) is 9.06. The van der Waals surface area contributed by atoms with Crippen molar-refractivity contribution >= 4 is 11.9 Å². The number of fused-ring (bicyclic) bond motifs is 1. The van der Waals surface area contributed by atoms with Crippen LogP contribution >= 0.6 is 0 Å². The smallest absolute Gasteiger partial charge is 0.326 e. The molecule has 2 aliphatic rings. The van der Waals surface area contributed by atoms with Crippen molar-refractivity contribution < 1.29 is 19.4 Å². The first-order valence-electron chi connectivity index (χ1n) is 6.85. The van der Waals surface area contributed by atoms with Crippen LogP contribution in [0.5, 0.6) is 0 Å². The second-order valence-corrected chi connectivity index (χ2v) is 5.51. The predicted octanol–water partition coefficient (Wildman–Crippen LogP) is 0.204. The number of nitrogens with two attached hydrogens (primary N) is 1. The van der Waals surface area contributed by atoms with E-state index >= 15 is 0 Å². The largest absolute Gasteiger partial charge is 0.480 e. The Balaban J connectivity index is 2.17. The summed E-state index contributed by atoms with van der Waals surface area (Å²) in [5.41, 5.74) is 5.78. The van der Waals surface area contributed by atoms with Gasteiger partial charge < -0.3 is 20.5 Å². The lowest BCUT2D eigenvalue weighted by Gasteiger charge is -2.34. The number of nitrogens with zero attached hydrogens (tertiary/aromatic N) is 1. The van der Waals surface area contributed by atoms with E-state index in [1.165, 1.54) is 12.0 Å². The van der Waals surface area contributed by atoms with Gasteiger partial charge in [-0.05, 0) is 25.2 Å². The quantitative estimate of drug-likeness (QED) is 0.761. The van der Waals surface area contributed by atoms with Crippen LogP contribution in [0, 0.1) is 5.92 Å². The molecule has 0 aromatic heterocycles. The topological polar surface area (TPSA) is 92.9 Å². The number of hydrogen-bond acceptors (Lipinski definition) is 4. The average Bonchev–Trinajstić information content (AvgIpc) is 2.77. The van der Waals surface area contributed by atoms with Crippen molar-refractivity contribution in [2.45, 2.75) is 50.2 Å². The van der Waals surface area contributed by atoms with E-state index in [0.717, 1.165) is 25.7 Å². The number of aliphatic carboxylic acids is 1. The average molecular weight is 270 g/mol. The second-order valence-electron chi connectivity index (χ2n) is 5.51. The lowest BCUT2D eigenvalue weighted by molar-refractivity contribution is -0.151. The van der Waals surface area contributed by atoms with Gasteiger partial charge in [-0.2, -0.15) is 0 Å². The van der Waals surface area contributed by atoms with Crippen molar-refractivity contribution in [1.82, 2.24) is 4.90 Å². The molecule has 1 saturated heterocycles. The molecule has 1 saturated carbocycles. The number of carbonyl (C=O) groups is 2. The highest BCUT2D eigenvalue weighted by Crippen LogP contribution is 2.40. The monoisotopic (exact) mass is 270 g/mol. The van der Waals surface area contributed by atoms with Gasteiger partial charge in [-0.1, -0.05) is 12.8 Å². The zero-order chi connectivity index (χ0) is 14.0. The Labute approximate surface area is 112 Å². The first kappa shape index (κ1) is 14.3. The van der Waals surface area contributed by atoms with Crippen LogP contribution in [0.2, 0.25) is 0 Å². The highest BCUT2D eigenvalue weighted by molar-refractivity contribution is 5.88. The predicted molar refractivity (Wildman–Crippen MR) is 68.5 cm³/mol. The number of hydrogen-bond donors (Lipinski definition) is 2. The number of methoxy groups -OCH3 is 1. The molecular formula is C13H22N2O4. The molecule has 108 valence electrons. The van der Waals surface area contributed by atoms with E-state index in [0.29, 0.717) is 12.3 Å². The van der Waals surface area contributed by atoms with E-state index in [2.05, 4.69) is 0 Å². The van der Waals surface area contributed by atoms with Gasteiger partial charge in [0.15, 0.2) is 0 Å². The number of rotatable bonds is 4. The Morgan fingerprint density at radius 1 is 1.42 bits per heavy atom. The summed E-state index contributed by atoms with van der Waals surface area (Å²) in [5, 5.41) is 9.33. The summed E-state index contributed by atoms with van der Waals surface area (Å²) in [6.45, 7) is 0.124. The van der Waals surface area contributed by atoms with Crippen LogP contribution in [0.3, 0.4) is 0 Å². The van der Waals surface area contributed by atoms with Crippen molar-refractivity contribution in [2.75, 3.05) is 13.7 Å². The molecule has 1 heterocycles. The summed E-state index contributed by atoms with van der Waals surface area (Å²) in [4.78, 5) is 25.3. The fourth-order valence-electron chi connectivity index (χ4n) is 3.44. The number of ether oxygens (including phenoxy) is 1. The van der Waals surface area contributed by atoms with Gasteiger partial charge in [0.2, 0.25) is 5.91 Å². The standard InChI is InChI=1S/C13H22N2O4/c1-19-7-9(14)12(16)15-10-5-3-2-4-8(10)6-11(15)13(17)18/h8-11H,2-7,14H2,1H3,(H,17,18). The van der Waals surface area contributed by atoms with Gasteiger partial charge in [0.25, 0.3) is 0 Å². The fraction of sp³-hybridized carbons (Fsp3) is 0.846. The van der Waals surface area contributed by atoms with Gasteiger partial charge in [-0.15, -0.1) is 0 Å². The molecule has 6 heteroatoms. The van der Waals surface area contributed by atoms with Crippen molar-refractivity contribution in [3.63, 3.8) is 0 Å². The maximum atomic E-state index is 12.4. The van der Waals surface area contributed by atoms with Crippen LogP contribution in [-0.2, 0) is 14.3 Å². The van der Waals surface area contributed by atoms with Gasteiger partial charge in [0.1, 0.15) is 12.1 Å². The summed E-state index contributed by atoms with van der Waals surface area (Å²) in [6.07, 6.45) is 4.64. The number of likely N-dealkylation sites (tertiary alicyclic amines) is 1. The van der Waals surface area contributed by atoms with Crippen LogP contribution < -0.4 is 5.73 Å². The van der Waals surface area contributed by atoms with E-state index in [-0.39, 0.29) is 18.6 Å². The molecule has 1 aliphatic heterocycles. The van der Waals surface area contributed by atoms with Crippen molar-refractivity contribution in [3.8, 4) is 0 Å². The van der Waals surface area contributed by atoms with E-state index in [9.17, 15) is 14.7 Å². The van der Waals surface area contributed by atoms with Crippen molar-refractivity contribution in [2.24, 2.45) is 11.7 Å². The number of carboxylic acid groups (broad SMARTS) is 1. The van der Waals surface area contributed by atoms with Crippen LogP contribution in [0.25, 0.3) is 0 Å². The molecule has 0 radical (unpaired) electrons. The maximum Gasteiger partial charge on any atom is 0.326 e. The van der Waals surface area contributed by atoms with Crippen molar-refractivity contribution in [1.29, 1.82) is 0 Å². The molecule has 2 fully saturated rings. The van der Waals surface area contributed by atoms with Crippen molar-refractivity contribution in [3.05, 3.63) is 0 Å². The van der Waals surface area contributed by atoms with Gasteiger partial charge in [-0.25, -0.2) is 4.79 Å². The second kappa shape index (κ2) is 5.88. The molecular weight excluding hydrogens is 248 g/mol. The molecule has 6 nitrogen and oxygen atoms in total. The zero-order valence-electron chi connectivity index (χ0n) is 11.2. The zero-order valence-corrected chi connectivity index (χ0v) is 11.2.